The van der Waals surface area contributed by atoms with Crippen LogP contribution in [-0.4, -0.2) is 16.5 Å². The number of hydrogen-bond acceptors (Lipinski definition) is 2. The molecule has 0 saturated carbocycles. The van der Waals surface area contributed by atoms with Gasteiger partial charge >= 0.3 is 0 Å². The van der Waals surface area contributed by atoms with Gasteiger partial charge in [0.15, 0.2) is 0 Å². The summed E-state index contributed by atoms with van der Waals surface area (Å²) in [4.78, 5) is 0.951. The van der Waals surface area contributed by atoms with Crippen molar-refractivity contribution < 1.29 is 4.21 Å². The molecule has 1 aromatic carbocycles. The van der Waals surface area contributed by atoms with E-state index in [9.17, 15) is 4.21 Å². The quantitative estimate of drug-likeness (QED) is 0.735. The SMILES string of the molecule is CC(C)c1ccc(S(=O)CCCCC(C)(C)CN)cc1. The molecule has 0 heterocycles. The van der Waals surface area contributed by atoms with E-state index in [1.807, 2.05) is 12.1 Å². The molecule has 0 aromatic heterocycles. The molecule has 0 aliphatic carbocycles. The van der Waals surface area contributed by atoms with Crippen LogP contribution in [0.5, 0.6) is 0 Å². The van der Waals surface area contributed by atoms with Gasteiger partial charge in [-0.1, -0.05) is 46.2 Å². The molecule has 2 nitrogen and oxygen atoms in total. The Balaban J connectivity index is 2.40. The minimum Gasteiger partial charge on any atom is -0.330 e. The first-order chi connectivity index (χ1) is 9.35. The van der Waals surface area contributed by atoms with Gasteiger partial charge in [-0.05, 0) is 48.4 Å². The van der Waals surface area contributed by atoms with Gasteiger partial charge in [0, 0.05) is 10.6 Å². The molecule has 0 bridgehead atoms. The van der Waals surface area contributed by atoms with Crippen LogP contribution in [0.1, 0.15) is 58.4 Å². The Kier molecular flexibility index (Phi) is 6.90. The van der Waals surface area contributed by atoms with Gasteiger partial charge in [0.25, 0.3) is 0 Å². The Morgan fingerprint density at radius 3 is 2.25 bits per heavy atom. The summed E-state index contributed by atoms with van der Waals surface area (Å²) in [7, 11) is -0.866. The molecule has 0 saturated heterocycles. The first kappa shape index (κ1) is 17.4. The summed E-state index contributed by atoms with van der Waals surface area (Å²) >= 11 is 0. The Morgan fingerprint density at radius 1 is 1.15 bits per heavy atom. The summed E-state index contributed by atoms with van der Waals surface area (Å²) in [5.41, 5.74) is 7.23. The number of benzene rings is 1. The number of rotatable bonds is 8. The second kappa shape index (κ2) is 7.94. The summed E-state index contributed by atoms with van der Waals surface area (Å²) in [5, 5.41) is 0. The highest BCUT2D eigenvalue weighted by atomic mass is 32.2. The fraction of sp³-hybridized carbons (Fsp3) is 0.647. The molecule has 1 aromatic rings. The normalized spacial score (nSPS) is 13.7. The van der Waals surface area contributed by atoms with Crippen molar-refractivity contribution in [1.82, 2.24) is 0 Å². The maximum atomic E-state index is 12.2. The number of nitrogens with two attached hydrogens (primary N) is 1. The van der Waals surface area contributed by atoms with E-state index >= 15 is 0 Å². The van der Waals surface area contributed by atoms with Crippen molar-refractivity contribution >= 4 is 10.8 Å². The Bertz CT molecular complexity index is 423. The molecule has 114 valence electrons. The molecule has 0 fully saturated rings. The first-order valence-electron chi connectivity index (χ1n) is 7.54. The Hall–Kier alpha value is -0.670. The molecule has 20 heavy (non-hydrogen) atoms. The van der Waals surface area contributed by atoms with Crippen LogP contribution in [-0.2, 0) is 10.8 Å². The summed E-state index contributed by atoms with van der Waals surface area (Å²) in [6, 6.07) is 8.20. The van der Waals surface area contributed by atoms with Gasteiger partial charge in [0.1, 0.15) is 0 Å². The zero-order valence-electron chi connectivity index (χ0n) is 13.3. The van der Waals surface area contributed by atoms with Crippen molar-refractivity contribution in [3.05, 3.63) is 29.8 Å². The van der Waals surface area contributed by atoms with Crippen LogP contribution in [0.4, 0.5) is 0 Å². The lowest BCUT2D eigenvalue weighted by Crippen LogP contribution is -2.23. The maximum absolute atomic E-state index is 12.2. The van der Waals surface area contributed by atoms with E-state index < -0.39 is 10.8 Å². The second-order valence-electron chi connectivity index (χ2n) is 6.60. The molecule has 3 heteroatoms. The van der Waals surface area contributed by atoms with Gasteiger partial charge in [-0.3, -0.25) is 4.21 Å². The smallest absolute Gasteiger partial charge is 0.0529 e. The number of hydrogen-bond donors (Lipinski definition) is 1. The van der Waals surface area contributed by atoms with Crippen molar-refractivity contribution in [2.45, 2.75) is 57.8 Å². The fourth-order valence-electron chi connectivity index (χ4n) is 2.06. The van der Waals surface area contributed by atoms with Gasteiger partial charge in [-0.25, -0.2) is 0 Å². The van der Waals surface area contributed by atoms with Crippen LogP contribution in [0.2, 0.25) is 0 Å². The van der Waals surface area contributed by atoms with Crippen molar-refractivity contribution in [3.8, 4) is 0 Å². The molecule has 1 unspecified atom stereocenters. The van der Waals surface area contributed by atoms with Gasteiger partial charge in [-0.2, -0.15) is 0 Å². The number of unbranched alkanes of at least 4 members (excludes halogenated alkanes) is 1. The van der Waals surface area contributed by atoms with Crippen LogP contribution in [0.15, 0.2) is 29.2 Å². The highest BCUT2D eigenvalue weighted by molar-refractivity contribution is 7.85. The van der Waals surface area contributed by atoms with Crippen molar-refractivity contribution in [1.29, 1.82) is 0 Å². The fourth-order valence-corrected chi connectivity index (χ4v) is 3.20. The largest absolute Gasteiger partial charge is 0.330 e. The summed E-state index contributed by atoms with van der Waals surface area (Å²) in [6.07, 6.45) is 3.20. The molecule has 0 spiro atoms. The molecule has 0 radical (unpaired) electrons. The van der Waals surface area contributed by atoms with Gasteiger partial charge in [-0.15, -0.1) is 0 Å². The second-order valence-corrected chi connectivity index (χ2v) is 8.17. The summed E-state index contributed by atoms with van der Waals surface area (Å²) in [5.74, 6) is 1.28. The predicted molar refractivity (Wildman–Crippen MR) is 88.5 cm³/mol. The maximum Gasteiger partial charge on any atom is 0.0529 e. The molecule has 2 N–H and O–H groups in total. The van der Waals surface area contributed by atoms with Crippen LogP contribution < -0.4 is 5.73 Å². The molecular formula is C17H29NOS. The summed E-state index contributed by atoms with van der Waals surface area (Å²) < 4.78 is 12.2. The van der Waals surface area contributed by atoms with E-state index in [1.54, 1.807) is 0 Å². The zero-order chi connectivity index (χ0) is 15.2. The first-order valence-corrected chi connectivity index (χ1v) is 8.86. The van der Waals surface area contributed by atoms with Crippen LogP contribution in [0.3, 0.4) is 0 Å². The highest BCUT2D eigenvalue weighted by Gasteiger charge is 2.14. The van der Waals surface area contributed by atoms with Crippen molar-refractivity contribution in [2.24, 2.45) is 11.1 Å². The van der Waals surface area contributed by atoms with Crippen LogP contribution in [0.25, 0.3) is 0 Å². The van der Waals surface area contributed by atoms with E-state index in [4.69, 9.17) is 5.73 Å². The molecular weight excluding hydrogens is 266 g/mol. The molecule has 0 amide bonds. The minimum atomic E-state index is -0.866. The molecule has 0 aliphatic rings. The average Bonchev–Trinajstić information content (AvgIpc) is 2.43. The van der Waals surface area contributed by atoms with Crippen molar-refractivity contribution in [3.63, 3.8) is 0 Å². The third kappa shape index (κ3) is 5.76. The van der Waals surface area contributed by atoms with Crippen molar-refractivity contribution in [2.75, 3.05) is 12.3 Å². The lowest BCUT2D eigenvalue weighted by atomic mass is 9.88. The zero-order valence-corrected chi connectivity index (χ0v) is 14.1. The lowest BCUT2D eigenvalue weighted by Gasteiger charge is -2.21. The topological polar surface area (TPSA) is 43.1 Å². The van der Waals surface area contributed by atoms with Crippen LogP contribution in [0, 0.1) is 5.41 Å². The lowest BCUT2D eigenvalue weighted by molar-refractivity contribution is 0.336. The van der Waals surface area contributed by atoms with E-state index in [1.165, 1.54) is 5.56 Å². The van der Waals surface area contributed by atoms with Gasteiger partial charge < -0.3 is 5.73 Å². The molecule has 1 rings (SSSR count). The summed E-state index contributed by atoms with van der Waals surface area (Å²) in [6.45, 7) is 9.44. The van der Waals surface area contributed by atoms with E-state index in [2.05, 4.69) is 39.8 Å². The van der Waals surface area contributed by atoms with E-state index in [0.717, 1.165) is 29.9 Å². The van der Waals surface area contributed by atoms with Gasteiger partial charge in [0.05, 0.1) is 10.8 Å². The van der Waals surface area contributed by atoms with E-state index in [-0.39, 0.29) is 5.41 Å². The average molecular weight is 295 g/mol. The Morgan fingerprint density at radius 2 is 1.75 bits per heavy atom. The van der Waals surface area contributed by atoms with Crippen LogP contribution >= 0.6 is 0 Å². The van der Waals surface area contributed by atoms with Gasteiger partial charge in [0.2, 0.25) is 0 Å². The van der Waals surface area contributed by atoms with E-state index in [0.29, 0.717) is 12.5 Å². The predicted octanol–water partition coefficient (Wildman–Crippen LogP) is 4.07. The molecule has 1 atom stereocenters. The standard InChI is InChI=1S/C17H29NOS/c1-14(2)15-7-9-16(10-8-15)20(19)12-6-5-11-17(3,4)13-18/h7-10,14H,5-6,11-13,18H2,1-4H3. The highest BCUT2D eigenvalue weighted by Crippen LogP contribution is 2.22. The molecule has 0 aliphatic heterocycles. The minimum absolute atomic E-state index is 0.209. The third-order valence-electron chi connectivity index (χ3n) is 3.80. The monoisotopic (exact) mass is 295 g/mol. The third-order valence-corrected chi connectivity index (χ3v) is 5.25. The Labute approximate surface area is 126 Å².